The second-order valence-electron chi connectivity index (χ2n) is 5.58. The van der Waals surface area contributed by atoms with Crippen LogP contribution in [-0.2, 0) is 14.8 Å². The van der Waals surface area contributed by atoms with Crippen molar-refractivity contribution in [2.75, 3.05) is 18.9 Å². The van der Waals surface area contributed by atoms with E-state index in [2.05, 4.69) is 4.74 Å². The molecule has 0 aromatic heterocycles. The van der Waals surface area contributed by atoms with E-state index >= 15 is 0 Å². The highest BCUT2D eigenvalue weighted by Gasteiger charge is 2.33. The Hall–Kier alpha value is -3.41. The number of anilines is 1. The van der Waals surface area contributed by atoms with Gasteiger partial charge in [-0.15, -0.1) is 13.2 Å². The van der Waals surface area contributed by atoms with Crippen LogP contribution >= 0.6 is 0 Å². The van der Waals surface area contributed by atoms with Crippen molar-refractivity contribution in [3.05, 3.63) is 48.0 Å². The van der Waals surface area contributed by atoms with Gasteiger partial charge in [0.1, 0.15) is 4.90 Å². The second kappa shape index (κ2) is 8.95. The molecule has 0 bridgehead atoms. The SMILES string of the molecule is COc1cc(C=CC(=O)O)cc(S(=O)(=O)Nc2ccccc2OC(F)(F)F)c1OC. The van der Waals surface area contributed by atoms with E-state index in [9.17, 15) is 26.4 Å². The van der Waals surface area contributed by atoms with Gasteiger partial charge in [-0.1, -0.05) is 12.1 Å². The maximum absolute atomic E-state index is 12.9. The number of methoxy groups -OCH3 is 2. The van der Waals surface area contributed by atoms with Crippen molar-refractivity contribution in [1.82, 2.24) is 0 Å². The molecule has 0 atom stereocenters. The van der Waals surface area contributed by atoms with Gasteiger partial charge in [0.15, 0.2) is 17.2 Å². The monoisotopic (exact) mass is 447 g/mol. The first-order valence-corrected chi connectivity index (χ1v) is 9.50. The number of hydrogen-bond acceptors (Lipinski definition) is 6. The molecule has 0 aliphatic rings. The molecule has 0 heterocycles. The summed E-state index contributed by atoms with van der Waals surface area (Å²) in [6.45, 7) is 0. The number of carbonyl (C=O) groups is 1. The molecule has 2 aromatic rings. The van der Waals surface area contributed by atoms with Gasteiger partial charge in [0.05, 0.1) is 19.9 Å². The largest absolute Gasteiger partial charge is 0.573 e. The lowest BCUT2D eigenvalue weighted by atomic mass is 10.2. The number of nitrogens with one attached hydrogen (secondary N) is 1. The summed E-state index contributed by atoms with van der Waals surface area (Å²) in [7, 11) is -2.11. The van der Waals surface area contributed by atoms with Crippen LogP contribution in [0.5, 0.6) is 17.2 Å². The summed E-state index contributed by atoms with van der Waals surface area (Å²) in [5.74, 6) is -2.30. The van der Waals surface area contributed by atoms with Crippen molar-refractivity contribution < 1.29 is 45.7 Å². The van der Waals surface area contributed by atoms with Gasteiger partial charge >= 0.3 is 12.3 Å². The maximum atomic E-state index is 12.9. The van der Waals surface area contributed by atoms with Crippen LogP contribution in [0.4, 0.5) is 18.9 Å². The highest BCUT2D eigenvalue weighted by atomic mass is 32.2. The van der Waals surface area contributed by atoms with E-state index in [1.807, 2.05) is 4.72 Å². The molecule has 0 amide bonds. The van der Waals surface area contributed by atoms with Crippen LogP contribution in [0.15, 0.2) is 47.4 Å². The zero-order chi connectivity index (χ0) is 22.5. The number of carboxylic acids is 1. The molecule has 8 nitrogen and oxygen atoms in total. The third-order valence-electron chi connectivity index (χ3n) is 3.53. The number of benzene rings is 2. The lowest BCUT2D eigenvalue weighted by Gasteiger charge is -2.17. The van der Waals surface area contributed by atoms with Crippen LogP contribution in [-0.4, -0.2) is 40.1 Å². The zero-order valence-corrected chi connectivity index (χ0v) is 16.4. The van der Waals surface area contributed by atoms with Crippen LogP contribution in [0.2, 0.25) is 0 Å². The van der Waals surface area contributed by atoms with Crippen molar-refractivity contribution in [2.45, 2.75) is 11.3 Å². The summed E-state index contributed by atoms with van der Waals surface area (Å²) in [4.78, 5) is 10.3. The number of aliphatic carboxylic acids is 1. The minimum atomic E-state index is -5.04. The summed E-state index contributed by atoms with van der Waals surface area (Å²) in [6, 6.07) is 6.98. The van der Waals surface area contributed by atoms with Crippen molar-refractivity contribution in [1.29, 1.82) is 0 Å². The molecule has 2 rings (SSSR count). The Labute approximate surface area is 169 Å². The summed E-state index contributed by atoms with van der Waals surface area (Å²) in [6.07, 6.45) is -3.15. The van der Waals surface area contributed by atoms with Crippen LogP contribution < -0.4 is 18.9 Å². The Morgan fingerprint density at radius 2 is 1.77 bits per heavy atom. The van der Waals surface area contributed by atoms with Gasteiger partial charge in [-0.2, -0.15) is 0 Å². The standard InChI is InChI=1S/C18H16F3NO7S/c1-27-14-9-11(7-8-16(23)24)10-15(17(14)28-2)30(25,26)22-12-5-3-4-6-13(12)29-18(19,20)21/h3-10,22H,1-2H3,(H,23,24). The molecular weight excluding hydrogens is 431 g/mol. The normalized spacial score (nSPS) is 11.9. The van der Waals surface area contributed by atoms with E-state index < -0.39 is 38.7 Å². The molecular formula is C18H16F3NO7S. The van der Waals surface area contributed by atoms with E-state index in [1.165, 1.54) is 32.4 Å². The lowest BCUT2D eigenvalue weighted by molar-refractivity contribution is -0.274. The molecule has 0 radical (unpaired) electrons. The third-order valence-corrected chi connectivity index (χ3v) is 4.90. The number of alkyl halides is 3. The fourth-order valence-electron chi connectivity index (χ4n) is 2.38. The number of rotatable bonds is 8. The average Bonchev–Trinajstić information content (AvgIpc) is 2.65. The number of hydrogen-bond donors (Lipinski definition) is 2. The van der Waals surface area contributed by atoms with Crippen LogP contribution in [0.25, 0.3) is 6.08 Å². The smallest absolute Gasteiger partial charge is 0.493 e. The number of sulfonamides is 1. The third kappa shape index (κ3) is 5.80. The summed E-state index contributed by atoms with van der Waals surface area (Å²) >= 11 is 0. The molecule has 0 unspecified atom stereocenters. The molecule has 12 heteroatoms. The van der Waals surface area contributed by atoms with Crippen molar-refractivity contribution in [3.63, 3.8) is 0 Å². The Morgan fingerprint density at radius 1 is 1.10 bits per heavy atom. The van der Waals surface area contributed by atoms with E-state index in [0.29, 0.717) is 0 Å². The maximum Gasteiger partial charge on any atom is 0.573 e. The van der Waals surface area contributed by atoms with Gasteiger partial charge in [0.25, 0.3) is 10.0 Å². The van der Waals surface area contributed by atoms with Crippen molar-refractivity contribution in [2.24, 2.45) is 0 Å². The van der Waals surface area contributed by atoms with E-state index in [4.69, 9.17) is 14.6 Å². The number of halogens is 3. The molecule has 2 aromatic carbocycles. The Morgan fingerprint density at radius 3 is 2.33 bits per heavy atom. The predicted molar refractivity (Wildman–Crippen MR) is 100 cm³/mol. The summed E-state index contributed by atoms with van der Waals surface area (Å²) in [5.41, 5.74) is -0.336. The lowest BCUT2D eigenvalue weighted by Crippen LogP contribution is -2.20. The van der Waals surface area contributed by atoms with Crippen molar-refractivity contribution >= 4 is 27.8 Å². The quantitative estimate of drug-likeness (QED) is 0.596. The predicted octanol–water partition coefficient (Wildman–Crippen LogP) is 3.50. The molecule has 0 spiro atoms. The molecule has 30 heavy (non-hydrogen) atoms. The van der Waals surface area contributed by atoms with Crippen molar-refractivity contribution in [3.8, 4) is 17.2 Å². The highest BCUT2D eigenvalue weighted by molar-refractivity contribution is 7.92. The molecule has 0 aliphatic heterocycles. The molecule has 0 saturated heterocycles. The van der Waals surface area contributed by atoms with Gasteiger partial charge in [-0.3, -0.25) is 4.72 Å². The first kappa shape index (κ1) is 22.9. The second-order valence-corrected chi connectivity index (χ2v) is 7.23. The van der Waals surface area contributed by atoms with Crippen LogP contribution in [0.3, 0.4) is 0 Å². The molecule has 0 aliphatic carbocycles. The van der Waals surface area contributed by atoms with Gasteiger partial charge in [-0.05, 0) is 35.9 Å². The molecule has 0 fully saturated rings. The van der Waals surface area contributed by atoms with Gasteiger partial charge in [0.2, 0.25) is 0 Å². The number of carboxylic acid groups (broad SMARTS) is 1. The zero-order valence-electron chi connectivity index (χ0n) is 15.6. The van der Waals surface area contributed by atoms with Gasteiger partial charge in [-0.25, -0.2) is 13.2 Å². The van der Waals surface area contributed by atoms with Gasteiger partial charge < -0.3 is 19.3 Å². The molecule has 162 valence electrons. The van der Waals surface area contributed by atoms with Crippen LogP contribution in [0, 0.1) is 0 Å². The molecule has 0 saturated carbocycles. The summed E-state index contributed by atoms with van der Waals surface area (Å²) in [5, 5.41) is 8.77. The topological polar surface area (TPSA) is 111 Å². The Balaban J connectivity index is 2.57. The van der Waals surface area contributed by atoms with Crippen LogP contribution in [0.1, 0.15) is 5.56 Å². The number of ether oxygens (including phenoxy) is 3. The summed E-state index contributed by atoms with van der Waals surface area (Å²) < 4.78 is 79.7. The molecule has 2 N–H and O–H groups in total. The van der Waals surface area contributed by atoms with E-state index in [0.717, 1.165) is 30.4 Å². The first-order chi connectivity index (χ1) is 14.0. The van der Waals surface area contributed by atoms with Gasteiger partial charge in [0, 0.05) is 6.08 Å². The first-order valence-electron chi connectivity index (χ1n) is 8.01. The van der Waals surface area contributed by atoms with E-state index in [1.54, 1.807) is 0 Å². The van der Waals surface area contributed by atoms with E-state index in [-0.39, 0.29) is 17.1 Å². The minimum absolute atomic E-state index is 0.0368. The Kier molecular flexibility index (Phi) is 6.82. The fourth-order valence-corrected chi connectivity index (χ4v) is 3.66. The fraction of sp³-hybridized carbons (Fsp3) is 0.167. The number of para-hydroxylation sites is 2. The Bertz CT molecular complexity index is 1070. The highest BCUT2D eigenvalue weighted by Crippen LogP contribution is 2.38. The average molecular weight is 447 g/mol. The minimum Gasteiger partial charge on any atom is -0.493 e.